The van der Waals surface area contributed by atoms with Crippen LogP contribution in [-0.4, -0.2) is 36.5 Å². The van der Waals surface area contributed by atoms with E-state index in [4.69, 9.17) is 10.00 Å². The van der Waals surface area contributed by atoms with Gasteiger partial charge in [0.1, 0.15) is 5.75 Å². The summed E-state index contributed by atoms with van der Waals surface area (Å²) in [5.41, 5.74) is 2.69. The van der Waals surface area contributed by atoms with Crippen molar-refractivity contribution in [3.63, 3.8) is 0 Å². The number of para-hydroxylation sites is 2. The van der Waals surface area contributed by atoms with Gasteiger partial charge in [0.15, 0.2) is 6.10 Å². The number of ether oxygens (including phenoxy) is 1. The predicted molar refractivity (Wildman–Crippen MR) is 103 cm³/mol. The maximum atomic E-state index is 13.0. The molecule has 0 aliphatic carbocycles. The second kappa shape index (κ2) is 7.71. The van der Waals surface area contributed by atoms with Crippen LogP contribution in [0.3, 0.4) is 0 Å². The van der Waals surface area contributed by atoms with Gasteiger partial charge in [0.05, 0.1) is 23.9 Å². The van der Waals surface area contributed by atoms with E-state index in [9.17, 15) is 4.79 Å². The molecule has 2 aliphatic heterocycles. The van der Waals surface area contributed by atoms with Gasteiger partial charge in [-0.05, 0) is 49.1 Å². The van der Waals surface area contributed by atoms with Gasteiger partial charge < -0.3 is 14.5 Å². The van der Waals surface area contributed by atoms with Crippen LogP contribution < -0.4 is 9.64 Å². The average molecular weight is 361 g/mol. The molecule has 2 aromatic rings. The van der Waals surface area contributed by atoms with E-state index < -0.39 is 6.10 Å². The van der Waals surface area contributed by atoms with E-state index in [0.29, 0.717) is 18.7 Å². The summed E-state index contributed by atoms with van der Waals surface area (Å²) < 4.78 is 6.07. The summed E-state index contributed by atoms with van der Waals surface area (Å²) in [5.74, 6) is 0.829. The minimum atomic E-state index is -0.489. The summed E-state index contributed by atoms with van der Waals surface area (Å²) >= 11 is 0. The number of benzene rings is 2. The van der Waals surface area contributed by atoms with E-state index in [-0.39, 0.29) is 5.91 Å². The Morgan fingerprint density at radius 2 is 1.93 bits per heavy atom. The number of likely N-dealkylation sites (tertiary alicyclic amines) is 1. The van der Waals surface area contributed by atoms with Crippen LogP contribution in [0.5, 0.6) is 5.75 Å². The normalized spacial score (nSPS) is 19.0. The Balaban J connectivity index is 1.58. The summed E-state index contributed by atoms with van der Waals surface area (Å²) in [6, 6.07) is 17.7. The molecule has 1 unspecified atom stereocenters. The van der Waals surface area contributed by atoms with Crippen molar-refractivity contribution in [1.29, 1.82) is 5.26 Å². The molecule has 0 bridgehead atoms. The monoisotopic (exact) mass is 361 g/mol. The second-order valence-corrected chi connectivity index (χ2v) is 7.15. The maximum Gasteiger partial charge on any atom is 0.265 e. The smallest absolute Gasteiger partial charge is 0.265 e. The number of nitrogens with zero attached hydrogens (tertiary/aromatic N) is 3. The highest BCUT2D eigenvalue weighted by Gasteiger charge is 2.33. The molecular formula is C22H23N3O2. The lowest BCUT2D eigenvalue weighted by Gasteiger charge is -2.38. The third-order valence-electron chi connectivity index (χ3n) is 5.23. The standard InChI is InChI=1S/C22H23N3O2/c23-14-17-7-6-8-18(13-17)15-25-16-21(22(26)24-11-4-1-5-12-24)27-20-10-3-2-9-19(20)25/h2-3,6-10,13,21H,1,4-5,11-12,15-16H2. The summed E-state index contributed by atoms with van der Waals surface area (Å²) in [6.07, 6.45) is 2.84. The van der Waals surface area contributed by atoms with Crippen molar-refractivity contribution in [3.8, 4) is 11.8 Å². The molecule has 2 aromatic carbocycles. The largest absolute Gasteiger partial charge is 0.477 e. The van der Waals surface area contributed by atoms with Crippen LogP contribution in [0.25, 0.3) is 0 Å². The topological polar surface area (TPSA) is 56.6 Å². The van der Waals surface area contributed by atoms with Gasteiger partial charge in [-0.2, -0.15) is 5.26 Å². The quantitative estimate of drug-likeness (QED) is 0.841. The Labute approximate surface area is 159 Å². The van der Waals surface area contributed by atoms with Crippen molar-refractivity contribution >= 4 is 11.6 Å². The molecule has 5 heteroatoms. The highest BCUT2D eigenvalue weighted by Crippen LogP contribution is 2.34. The van der Waals surface area contributed by atoms with Gasteiger partial charge in [-0.3, -0.25) is 4.79 Å². The fourth-order valence-corrected chi connectivity index (χ4v) is 3.86. The third kappa shape index (κ3) is 3.75. The van der Waals surface area contributed by atoms with Crippen molar-refractivity contribution in [1.82, 2.24) is 4.90 Å². The minimum absolute atomic E-state index is 0.0833. The Morgan fingerprint density at radius 1 is 1.11 bits per heavy atom. The van der Waals surface area contributed by atoms with E-state index in [1.165, 1.54) is 6.42 Å². The van der Waals surface area contributed by atoms with Gasteiger partial charge >= 0.3 is 0 Å². The van der Waals surface area contributed by atoms with Crippen molar-refractivity contribution in [3.05, 3.63) is 59.7 Å². The Morgan fingerprint density at radius 3 is 2.74 bits per heavy atom. The van der Waals surface area contributed by atoms with Crippen LogP contribution in [0, 0.1) is 11.3 Å². The third-order valence-corrected chi connectivity index (χ3v) is 5.23. The number of piperidine rings is 1. The van der Waals surface area contributed by atoms with Gasteiger partial charge in [-0.25, -0.2) is 0 Å². The SMILES string of the molecule is N#Cc1cccc(CN2CC(C(=O)N3CCCCC3)Oc3ccccc32)c1. The minimum Gasteiger partial charge on any atom is -0.477 e. The van der Waals surface area contributed by atoms with Crippen LogP contribution >= 0.6 is 0 Å². The zero-order valence-corrected chi connectivity index (χ0v) is 15.3. The zero-order valence-electron chi connectivity index (χ0n) is 15.3. The number of anilines is 1. The molecule has 2 aliphatic rings. The van der Waals surface area contributed by atoms with E-state index in [1.807, 2.05) is 47.4 Å². The molecule has 2 heterocycles. The molecule has 0 spiro atoms. The number of amides is 1. The first-order chi connectivity index (χ1) is 13.2. The first-order valence-electron chi connectivity index (χ1n) is 9.53. The first-order valence-corrected chi connectivity index (χ1v) is 9.53. The van der Waals surface area contributed by atoms with Crippen LogP contribution in [0.4, 0.5) is 5.69 Å². The number of nitriles is 1. The van der Waals surface area contributed by atoms with Crippen LogP contribution in [0.15, 0.2) is 48.5 Å². The molecule has 0 saturated carbocycles. The first kappa shape index (κ1) is 17.4. The van der Waals surface area contributed by atoms with Gasteiger partial charge in [0.25, 0.3) is 5.91 Å². The summed E-state index contributed by atoms with van der Waals surface area (Å²) in [4.78, 5) is 17.1. The number of rotatable bonds is 3. The van der Waals surface area contributed by atoms with E-state index >= 15 is 0 Å². The number of fused-ring (bicyclic) bond motifs is 1. The van der Waals surface area contributed by atoms with Gasteiger partial charge in [0, 0.05) is 19.6 Å². The second-order valence-electron chi connectivity index (χ2n) is 7.15. The number of carbonyl (C=O) groups is 1. The molecule has 0 N–H and O–H groups in total. The van der Waals surface area contributed by atoms with Gasteiger partial charge in [0.2, 0.25) is 0 Å². The van der Waals surface area contributed by atoms with Crippen LogP contribution in [0.1, 0.15) is 30.4 Å². The van der Waals surface area contributed by atoms with Gasteiger partial charge in [-0.1, -0.05) is 24.3 Å². The number of carbonyl (C=O) groups excluding carboxylic acids is 1. The molecule has 27 heavy (non-hydrogen) atoms. The molecule has 0 radical (unpaired) electrons. The van der Waals surface area contributed by atoms with E-state index in [1.54, 1.807) is 6.07 Å². The lowest BCUT2D eigenvalue weighted by atomic mass is 10.1. The molecule has 5 nitrogen and oxygen atoms in total. The molecule has 1 amide bonds. The fraction of sp³-hybridized carbons (Fsp3) is 0.364. The predicted octanol–water partition coefficient (Wildman–Crippen LogP) is 3.34. The van der Waals surface area contributed by atoms with Crippen molar-refractivity contribution in [2.75, 3.05) is 24.5 Å². The molecule has 1 fully saturated rings. The average Bonchev–Trinajstić information content (AvgIpc) is 2.74. The lowest BCUT2D eigenvalue weighted by molar-refractivity contribution is -0.139. The van der Waals surface area contributed by atoms with Crippen molar-refractivity contribution < 1.29 is 9.53 Å². The number of hydrogen-bond donors (Lipinski definition) is 0. The molecule has 4 rings (SSSR count). The fourth-order valence-electron chi connectivity index (χ4n) is 3.86. The van der Waals surface area contributed by atoms with Crippen molar-refractivity contribution in [2.45, 2.75) is 31.9 Å². The summed E-state index contributed by atoms with van der Waals surface area (Å²) in [6.45, 7) is 2.80. The van der Waals surface area contributed by atoms with E-state index in [2.05, 4.69) is 11.0 Å². The maximum absolute atomic E-state index is 13.0. The summed E-state index contributed by atoms with van der Waals surface area (Å²) in [5, 5.41) is 9.15. The summed E-state index contributed by atoms with van der Waals surface area (Å²) in [7, 11) is 0. The highest BCUT2D eigenvalue weighted by atomic mass is 16.5. The zero-order chi connectivity index (χ0) is 18.6. The van der Waals surface area contributed by atoms with Gasteiger partial charge in [-0.15, -0.1) is 0 Å². The molecule has 0 aromatic heterocycles. The Hall–Kier alpha value is -3.00. The highest BCUT2D eigenvalue weighted by molar-refractivity contribution is 5.83. The Kier molecular flexibility index (Phi) is 4.97. The molecule has 1 atom stereocenters. The molecule has 138 valence electrons. The van der Waals surface area contributed by atoms with Crippen LogP contribution in [0.2, 0.25) is 0 Å². The lowest BCUT2D eigenvalue weighted by Crippen LogP contribution is -2.51. The van der Waals surface area contributed by atoms with E-state index in [0.717, 1.165) is 42.9 Å². The Bertz CT molecular complexity index is 868. The van der Waals surface area contributed by atoms with Crippen LogP contribution in [-0.2, 0) is 11.3 Å². The van der Waals surface area contributed by atoms with Crippen molar-refractivity contribution in [2.24, 2.45) is 0 Å². The number of hydrogen-bond acceptors (Lipinski definition) is 4. The molecular weight excluding hydrogens is 338 g/mol. The molecule has 1 saturated heterocycles.